The van der Waals surface area contributed by atoms with E-state index in [1.165, 1.54) is 10.6 Å². The first-order chi connectivity index (χ1) is 13.6. The van der Waals surface area contributed by atoms with E-state index in [0.717, 1.165) is 25.0 Å². The standard InChI is InChI=1S/C20H25N5O3/c26-18(8-7-17-13-21-9-10-22-17)23-15-4-3-5-16(12-15)24-19(27)14-25-11-2-1-6-20(25)28/h1-2,6,9-11,13,15-16H,3-5,7-8,12,14H2,(H,23,26)(H,24,27)/t15-,16-/m1/s1. The summed E-state index contributed by atoms with van der Waals surface area (Å²) in [7, 11) is 0. The molecule has 0 unspecified atom stereocenters. The Kier molecular flexibility index (Phi) is 6.89. The van der Waals surface area contributed by atoms with Crippen LogP contribution in [0.5, 0.6) is 0 Å². The van der Waals surface area contributed by atoms with E-state index in [1.54, 1.807) is 36.9 Å². The minimum Gasteiger partial charge on any atom is -0.353 e. The molecule has 0 spiro atoms. The van der Waals surface area contributed by atoms with Gasteiger partial charge in [0.25, 0.3) is 5.56 Å². The van der Waals surface area contributed by atoms with Gasteiger partial charge in [0.15, 0.2) is 0 Å². The van der Waals surface area contributed by atoms with Gasteiger partial charge >= 0.3 is 0 Å². The molecule has 0 bridgehead atoms. The van der Waals surface area contributed by atoms with E-state index in [9.17, 15) is 14.4 Å². The lowest BCUT2D eigenvalue weighted by Gasteiger charge is -2.30. The molecule has 2 aromatic rings. The van der Waals surface area contributed by atoms with Gasteiger partial charge in [0, 0.05) is 49.4 Å². The van der Waals surface area contributed by atoms with Crippen LogP contribution in [0.25, 0.3) is 0 Å². The number of hydrogen-bond donors (Lipinski definition) is 2. The zero-order valence-electron chi connectivity index (χ0n) is 15.7. The van der Waals surface area contributed by atoms with Gasteiger partial charge in [-0.15, -0.1) is 0 Å². The molecule has 2 amide bonds. The van der Waals surface area contributed by atoms with Crippen LogP contribution in [-0.4, -0.2) is 38.4 Å². The Bertz CT molecular complexity index is 852. The van der Waals surface area contributed by atoms with Crippen molar-refractivity contribution in [3.05, 3.63) is 59.0 Å². The average Bonchev–Trinajstić information content (AvgIpc) is 2.69. The Morgan fingerprint density at radius 3 is 2.61 bits per heavy atom. The summed E-state index contributed by atoms with van der Waals surface area (Å²) in [4.78, 5) is 44.3. The van der Waals surface area contributed by atoms with Crippen molar-refractivity contribution in [3.63, 3.8) is 0 Å². The van der Waals surface area contributed by atoms with Crippen molar-refractivity contribution in [1.82, 2.24) is 25.2 Å². The van der Waals surface area contributed by atoms with Gasteiger partial charge in [0.1, 0.15) is 6.54 Å². The van der Waals surface area contributed by atoms with E-state index in [2.05, 4.69) is 20.6 Å². The molecule has 0 aromatic carbocycles. The summed E-state index contributed by atoms with van der Waals surface area (Å²) in [6, 6.07) is 4.86. The summed E-state index contributed by atoms with van der Waals surface area (Å²) in [5.74, 6) is -0.202. The number of nitrogens with one attached hydrogen (secondary N) is 2. The summed E-state index contributed by atoms with van der Waals surface area (Å²) in [6.07, 6.45) is 10.8. The molecule has 0 saturated heterocycles. The second kappa shape index (κ2) is 9.77. The molecule has 0 radical (unpaired) electrons. The van der Waals surface area contributed by atoms with Crippen LogP contribution in [0.2, 0.25) is 0 Å². The molecule has 2 N–H and O–H groups in total. The summed E-state index contributed by atoms with van der Waals surface area (Å²) in [6.45, 7) is 0.00527. The first-order valence-corrected chi connectivity index (χ1v) is 9.59. The molecule has 28 heavy (non-hydrogen) atoms. The number of aromatic nitrogens is 3. The fourth-order valence-electron chi connectivity index (χ4n) is 3.47. The summed E-state index contributed by atoms with van der Waals surface area (Å²) >= 11 is 0. The van der Waals surface area contributed by atoms with Crippen molar-refractivity contribution in [3.8, 4) is 0 Å². The van der Waals surface area contributed by atoms with Crippen molar-refractivity contribution in [2.45, 2.75) is 57.2 Å². The number of amides is 2. The number of hydrogen-bond acceptors (Lipinski definition) is 5. The van der Waals surface area contributed by atoms with E-state index in [1.807, 2.05) is 0 Å². The minimum absolute atomic E-state index is 0.00527. The van der Waals surface area contributed by atoms with Crippen molar-refractivity contribution >= 4 is 11.8 Å². The van der Waals surface area contributed by atoms with Gasteiger partial charge in [-0.2, -0.15) is 0 Å². The van der Waals surface area contributed by atoms with Crippen molar-refractivity contribution in [2.75, 3.05) is 0 Å². The normalized spacial score (nSPS) is 19.0. The fourth-order valence-corrected chi connectivity index (χ4v) is 3.47. The average molecular weight is 383 g/mol. The van der Waals surface area contributed by atoms with E-state index >= 15 is 0 Å². The number of carbonyl (C=O) groups excluding carboxylic acids is 2. The molecule has 1 aliphatic rings. The van der Waals surface area contributed by atoms with Crippen molar-refractivity contribution in [2.24, 2.45) is 0 Å². The van der Waals surface area contributed by atoms with Gasteiger partial charge in [0.05, 0.1) is 5.69 Å². The largest absolute Gasteiger partial charge is 0.353 e. The van der Waals surface area contributed by atoms with Gasteiger partial charge in [-0.1, -0.05) is 6.07 Å². The molecule has 8 nitrogen and oxygen atoms in total. The lowest BCUT2D eigenvalue weighted by atomic mass is 9.90. The third-order valence-electron chi connectivity index (χ3n) is 4.84. The third-order valence-corrected chi connectivity index (χ3v) is 4.84. The second-order valence-electron chi connectivity index (χ2n) is 7.06. The van der Waals surface area contributed by atoms with Crippen LogP contribution in [0.15, 0.2) is 47.8 Å². The molecule has 3 rings (SSSR count). The van der Waals surface area contributed by atoms with Crippen LogP contribution in [0.3, 0.4) is 0 Å². The maximum Gasteiger partial charge on any atom is 0.250 e. The smallest absolute Gasteiger partial charge is 0.250 e. The van der Waals surface area contributed by atoms with Crippen molar-refractivity contribution < 1.29 is 9.59 Å². The number of aryl methyl sites for hydroxylation is 1. The highest BCUT2D eigenvalue weighted by Crippen LogP contribution is 2.19. The minimum atomic E-state index is -0.200. The Balaban J connectivity index is 1.43. The topological polar surface area (TPSA) is 106 Å². The lowest BCUT2D eigenvalue weighted by molar-refractivity contribution is -0.122. The quantitative estimate of drug-likeness (QED) is 0.736. The maximum absolute atomic E-state index is 12.3. The van der Waals surface area contributed by atoms with E-state index < -0.39 is 0 Å². The number of pyridine rings is 1. The Morgan fingerprint density at radius 1 is 1.11 bits per heavy atom. The molecule has 2 heterocycles. The van der Waals surface area contributed by atoms with Crippen LogP contribution >= 0.6 is 0 Å². The van der Waals surface area contributed by atoms with Gasteiger partial charge in [-0.25, -0.2) is 0 Å². The first kappa shape index (κ1) is 19.7. The maximum atomic E-state index is 12.3. The monoisotopic (exact) mass is 383 g/mol. The van der Waals surface area contributed by atoms with Crippen LogP contribution in [0.4, 0.5) is 0 Å². The summed E-state index contributed by atoms with van der Waals surface area (Å²) < 4.78 is 1.38. The van der Waals surface area contributed by atoms with Crippen LogP contribution in [0, 0.1) is 0 Å². The summed E-state index contributed by atoms with van der Waals surface area (Å²) in [5.41, 5.74) is 0.595. The molecule has 1 aliphatic carbocycles. The number of nitrogens with zero attached hydrogens (tertiary/aromatic N) is 3. The predicted molar refractivity (Wildman–Crippen MR) is 103 cm³/mol. The molecule has 0 aliphatic heterocycles. The highest BCUT2D eigenvalue weighted by atomic mass is 16.2. The molecule has 148 valence electrons. The molecular formula is C20H25N5O3. The number of carbonyl (C=O) groups is 2. The van der Waals surface area contributed by atoms with Crippen molar-refractivity contribution in [1.29, 1.82) is 0 Å². The van der Waals surface area contributed by atoms with Gasteiger partial charge in [-0.05, 0) is 38.2 Å². The second-order valence-corrected chi connectivity index (χ2v) is 7.06. The SMILES string of the molecule is O=C(CCc1cnccn1)N[C@@H]1CCC[C@@H](NC(=O)Cn2ccccc2=O)C1. The van der Waals surface area contributed by atoms with Crippen LogP contribution in [0.1, 0.15) is 37.8 Å². The third kappa shape index (κ3) is 6.00. The van der Waals surface area contributed by atoms with Gasteiger partial charge < -0.3 is 15.2 Å². The predicted octanol–water partition coefficient (Wildman–Crippen LogP) is 0.815. The van der Waals surface area contributed by atoms with E-state index in [0.29, 0.717) is 19.3 Å². The van der Waals surface area contributed by atoms with Crippen LogP contribution in [-0.2, 0) is 22.6 Å². The van der Waals surface area contributed by atoms with E-state index in [4.69, 9.17) is 0 Å². The lowest BCUT2D eigenvalue weighted by Crippen LogP contribution is -2.46. The van der Waals surface area contributed by atoms with Crippen LogP contribution < -0.4 is 16.2 Å². The van der Waals surface area contributed by atoms with Gasteiger partial charge in [0.2, 0.25) is 11.8 Å². The number of rotatable bonds is 7. The summed E-state index contributed by atoms with van der Waals surface area (Å²) in [5, 5.41) is 6.04. The molecule has 1 saturated carbocycles. The fraction of sp³-hybridized carbons (Fsp3) is 0.450. The molecule has 2 atom stereocenters. The molecule has 1 fully saturated rings. The zero-order valence-corrected chi connectivity index (χ0v) is 15.7. The first-order valence-electron chi connectivity index (χ1n) is 9.59. The Hall–Kier alpha value is -3.03. The van der Waals surface area contributed by atoms with Gasteiger partial charge in [-0.3, -0.25) is 24.4 Å². The van der Waals surface area contributed by atoms with E-state index in [-0.39, 0.29) is 36.0 Å². The Labute approximate surface area is 163 Å². The zero-order chi connectivity index (χ0) is 19.8. The Morgan fingerprint density at radius 2 is 1.89 bits per heavy atom. The molecule has 8 heteroatoms. The highest BCUT2D eigenvalue weighted by molar-refractivity contribution is 5.77. The highest BCUT2D eigenvalue weighted by Gasteiger charge is 2.24. The molecular weight excluding hydrogens is 358 g/mol. The molecule has 2 aromatic heterocycles.